The van der Waals surface area contributed by atoms with Gasteiger partial charge in [-0.25, -0.2) is 19.5 Å². The molecular weight excluding hydrogens is 406 g/mol. The van der Waals surface area contributed by atoms with Crippen LogP contribution in [0, 0.1) is 6.92 Å². The number of aryl methyl sites for hydroxylation is 1. The lowest BCUT2D eigenvalue weighted by Crippen LogP contribution is -2.55. The van der Waals surface area contributed by atoms with Gasteiger partial charge in [0.2, 0.25) is 11.9 Å². The first kappa shape index (κ1) is 19.4. The number of aliphatic imine (C=N–C) groups is 1. The van der Waals surface area contributed by atoms with Gasteiger partial charge < -0.3 is 15.0 Å². The average molecular weight is 434 g/mol. The second kappa shape index (κ2) is 6.61. The number of aromatic nitrogens is 5. The van der Waals surface area contributed by atoms with Crippen molar-refractivity contribution in [3.63, 3.8) is 0 Å². The number of hydrogen-bond donors (Lipinski definition) is 1. The van der Waals surface area contributed by atoms with Crippen molar-refractivity contribution in [1.82, 2.24) is 24.6 Å². The number of anilines is 4. The Morgan fingerprint density at radius 3 is 2.75 bits per heavy atom. The van der Waals surface area contributed by atoms with Crippen LogP contribution in [-0.4, -0.2) is 62.4 Å². The number of nitrogens with one attached hydrogen (secondary N) is 1. The Kier molecular flexibility index (Phi) is 4.01. The quantitative estimate of drug-likeness (QED) is 0.674. The summed E-state index contributed by atoms with van der Waals surface area (Å²) in [5, 5.41) is 7.61. The van der Waals surface area contributed by atoms with Crippen LogP contribution in [0.5, 0.6) is 0 Å². The minimum Gasteiger partial charge on any atom is -0.379 e. The fourth-order valence-corrected chi connectivity index (χ4v) is 5.12. The van der Waals surface area contributed by atoms with Crippen molar-refractivity contribution in [2.75, 3.05) is 35.8 Å². The third-order valence-corrected chi connectivity index (χ3v) is 7.41. The first-order valence-electron chi connectivity index (χ1n) is 11.0. The smallest absolute Gasteiger partial charge is 0.229 e. The highest BCUT2D eigenvalue weighted by Gasteiger charge is 2.53. The van der Waals surface area contributed by atoms with E-state index in [1.807, 2.05) is 39.5 Å². The number of rotatable bonds is 3. The predicted octanol–water partition coefficient (Wildman–Crippen LogP) is 2.92. The van der Waals surface area contributed by atoms with Crippen LogP contribution in [0.3, 0.4) is 0 Å². The fourth-order valence-electron chi connectivity index (χ4n) is 5.12. The molecule has 10 nitrogen and oxygen atoms in total. The molecule has 32 heavy (non-hydrogen) atoms. The van der Waals surface area contributed by atoms with Gasteiger partial charge in [0.05, 0.1) is 35.8 Å². The molecule has 0 radical (unpaired) electrons. The van der Waals surface area contributed by atoms with Crippen LogP contribution in [0.15, 0.2) is 29.8 Å². The SMILES string of the molecule is COC1(C)CCC2(CC1)CN=C1N(C)c3cnc(Nc4cn5ncnc5cc4C)nc3N12. The monoisotopic (exact) mass is 433 g/mol. The minimum absolute atomic E-state index is 0.0476. The molecule has 3 aromatic heterocycles. The molecule has 166 valence electrons. The molecule has 0 aromatic carbocycles. The Morgan fingerprint density at radius 2 is 1.97 bits per heavy atom. The fraction of sp³-hybridized carbons (Fsp3) is 0.500. The lowest BCUT2D eigenvalue weighted by Gasteiger charge is -2.45. The van der Waals surface area contributed by atoms with Crippen LogP contribution >= 0.6 is 0 Å². The normalized spacial score (nSPS) is 26.6. The lowest BCUT2D eigenvalue weighted by molar-refractivity contribution is -0.0359. The number of nitrogens with zero attached hydrogens (tertiary/aromatic N) is 8. The Balaban J connectivity index is 1.34. The molecule has 0 bridgehead atoms. The van der Waals surface area contributed by atoms with Crippen LogP contribution in [-0.2, 0) is 4.74 Å². The molecule has 1 aliphatic carbocycles. The molecule has 1 saturated carbocycles. The molecule has 0 saturated heterocycles. The molecule has 3 aromatic rings. The molecule has 1 N–H and O–H groups in total. The van der Waals surface area contributed by atoms with Gasteiger partial charge in [-0.05, 0) is 51.2 Å². The Bertz CT molecular complexity index is 1240. The van der Waals surface area contributed by atoms with E-state index < -0.39 is 0 Å². The van der Waals surface area contributed by atoms with Gasteiger partial charge in [-0.3, -0.25) is 4.90 Å². The minimum atomic E-state index is -0.0572. The van der Waals surface area contributed by atoms with Crippen molar-refractivity contribution >= 4 is 34.7 Å². The number of fused-ring (bicyclic) bond motifs is 5. The van der Waals surface area contributed by atoms with Crippen LogP contribution in [0.1, 0.15) is 38.2 Å². The summed E-state index contributed by atoms with van der Waals surface area (Å²) in [4.78, 5) is 23.2. The topological polar surface area (TPSA) is 96.1 Å². The molecule has 1 fully saturated rings. The first-order chi connectivity index (χ1) is 15.4. The van der Waals surface area contributed by atoms with Crippen molar-refractivity contribution in [2.45, 2.75) is 50.7 Å². The average Bonchev–Trinajstić information content (AvgIpc) is 3.47. The van der Waals surface area contributed by atoms with Gasteiger partial charge in [-0.2, -0.15) is 10.1 Å². The van der Waals surface area contributed by atoms with Crippen LogP contribution in [0.2, 0.25) is 0 Å². The standard InChI is InChI=1S/C22H27N9O/c1-14-9-17-25-13-26-30(17)11-15(14)27-19-23-10-16-18(28-19)31-20(29(16)3)24-12-22(31)7-5-21(2,32-4)6-8-22/h9-11,13H,5-8,12H2,1-4H3,(H,23,27,28). The van der Waals surface area contributed by atoms with Gasteiger partial charge in [0, 0.05) is 14.2 Å². The van der Waals surface area contributed by atoms with Crippen molar-refractivity contribution in [3.05, 3.63) is 30.4 Å². The highest BCUT2D eigenvalue weighted by atomic mass is 16.5. The molecule has 6 rings (SSSR count). The molecule has 2 aliphatic heterocycles. The zero-order chi connectivity index (χ0) is 22.1. The van der Waals surface area contributed by atoms with E-state index in [1.165, 1.54) is 0 Å². The van der Waals surface area contributed by atoms with E-state index in [4.69, 9.17) is 14.7 Å². The van der Waals surface area contributed by atoms with Crippen molar-refractivity contribution in [2.24, 2.45) is 4.99 Å². The van der Waals surface area contributed by atoms with Gasteiger partial charge in [-0.15, -0.1) is 0 Å². The third kappa shape index (κ3) is 2.72. The predicted molar refractivity (Wildman–Crippen MR) is 123 cm³/mol. The summed E-state index contributed by atoms with van der Waals surface area (Å²) in [6.07, 6.45) is 9.40. The van der Waals surface area contributed by atoms with Gasteiger partial charge in [0.25, 0.3) is 0 Å². The number of ether oxygens (including phenoxy) is 1. The summed E-state index contributed by atoms with van der Waals surface area (Å²) >= 11 is 0. The van der Waals surface area contributed by atoms with E-state index in [0.717, 1.165) is 66.6 Å². The van der Waals surface area contributed by atoms with E-state index in [-0.39, 0.29) is 11.1 Å². The van der Waals surface area contributed by atoms with E-state index >= 15 is 0 Å². The number of guanidine groups is 1. The summed E-state index contributed by atoms with van der Waals surface area (Å²) in [6.45, 7) is 5.03. The lowest BCUT2D eigenvalue weighted by atomic mass is 9.74. The Morgan fingerprint density at radius 1 is 1.16 bits per heavy atom. The maximum Gasteiger partial charge on any atom is 0.229 e. The molecule has 10 heteroatoms. The molecule has 0 atom stereocenters. The first-order valence-corrected chi connectivity index (χ1v) is 11.0. The number of pyridine rings is 1. The van der Waals surface area contributed by atoms with Crippen molar-refractivity contribution < 1.29 is 4.74 Å². The molecule has 0 unspecified atom stereocenters. The maximum atomic E-state index is 5.79. The molecular formula is C22H27N9O. The third-order valence-electron chi connectivity index (χ3n) is 7.41. The van der Waals surface area contributed by atoms with E-state index in [2.05, 4.69) is 37.1 Å². The molecule has 5 heterocycles. The summed E-state index contributed by atoms with van der Waals surface area (Å²) in [5.74, 6) is 2.44. The van der Waals surface area contributed by atoms with E-state index in [9.17, 15) is 0 Å². The van der Waals surface area contributed by atoms with Gasteiger partial charge in [0.1, 0.15) is 12.0 Å². The molecule has 0 amide bonds. The highest BCUT2D eigenvalue weighted by molar-refractivity contribution is 6.17. The Hall–Kier alpha value is -3.27. The highest BCUT2D eigenvalue weighted by Crippen LogP contribution is 2.49. The zero-order valence-electron chi connectivity index (χ0n) is 18.8. The van der Waals surface area contributed by atoms with Crippen LogP contribution in [0.25, 0.3) is 5.65 Å². The molecule has 3 aliphatic rings. The summed E-state index contributed by atoms with van der Waals surface area (Å²) < 4.78 is 7.53. The zero-order valence-corrected chi connectivity index (χ0v) is 18.8. The van der Waals surface area contributed by atoms with Crippen molar-refractivity contribution in [3.8, 4) is 0 Å². The van der Waals surface area contributed by atoms with E-state index in [0.29, 0.717) is 5.95 Å². The number of methoxy groups -OCH3 is 1. The van der Waals surface area contributed by atoms with Gasteiger partial charge in [0.15, 0.2) is 11.5 Å². The van der Waals surface area contributed by atoms with Gasteiger partial charge >= 0.3 is 0 Å². The maximum absolute atomic E-state index is 5.79. The van der Waals surface area contributed by atoms with Crippen molar-refractivity contribution in [1.29, 1.82) is 0 Å². The summed E-state index contributed by atoms with van der Waals surface area (Å²) in [5.41, 5.74) is 3.64. The number of hydrogen-bond acceptors (Lipinski definition) is 9. The summed E-state index contributed by atoms with van der Waals surface area (Å²) in [6, 6.07) is 1.99. The van der Waals surface area contributed by atoms with Crippen LogP contribution < -0.4 is 15.1 Å². The van der Waals surface area contributed by atoms with E-state index in [1.54, 1.807) is 10.8 Å². The van der Waals surface area contributed by atoms with Crippen LogP contribution in [0.4, 0.5) is 23.1 Å². The second-order valence-corrected chi connectivity index (χ2v) is 9.35. The summed E-state index contributed by atoms with van der Waals surface area (Å²) in [7, 11) is 3.86. The Labute approximate surface area is 186 Å². The van der Waals surface area contributed by atoms with Gasteiger partial charge in [-0.1, -0.05) is 0 Å². The second-order valence-electron chi connectivity index (χ2n) is 9.35. The molecule has 1 spiro atoms. The largest absolute Gasteiger partial charge is 0.379 e.